The lowest BCUT2D eigenvalue weighted by molar-refractivity contribution is 0.0937. The van der Waals surface area contributed by atoms with Crippen LogP contribution in [0.25, 0.3) is 5.65 Å². The van der Waals surface area contributed by atoms with E-state index in [0.29, 0.717) is 22.3 Å². The predicted molar refractivity (Wildman–Crippen MR) is 72.4 cm³/mol. The minimum Gasteiger partial charge on any atom is -0.349 e. The molecule has 1 N–H and O–H groups in total. The van der Waals surface area contributed by atoms with E-state index in [1.54, 1.807) is 16.8 Å². The van der Waals surface area contributed by atoms with Crippen LogP contribution in [0, 0.1) is 12.8 Å². The molecule has 1 aliphatic rings. The zero-order valence-electron chi connectivity index (χ0n) is 10.9. The SMILES string of the molecule is Cc1cc(Cl)nc2c(C(=O)NC(C)C3CC3)cnn12. The second-order valence-corrected chi connectivity index (χ2v) is 5.50. The summed E-state index contributed by atoms with van der Waals surface area (Å²) in [6.07, 6.45) is 3.93. The summed E-state index contributed by atoms with van der Waals surface area (Å²) < 4.78 is 1.63. The van der Waals surface area contributed by atoms with Crippen LogP contribution in [0.4, 0.5) is 0 Å². The van der Waals surface area contributed by atoms with Gasteiger partial charge in [0.2, 0.25) is 0 Å². The van der Waals surface area contributed by atoms with E-state index in [1.807, 2.05) is 13.8 Å². The molecule has 0 bridgehead atoms. The van der Waals surface area contributed by atoms with Gasteiger partial charge in [-0.25, -0.2) is 9.50 Å². The van der Waals surface area contributed by atoms with E-state index < -0.39 is 0 Å². The fourth-order valence-electron chi connectivity index (χ4n) is 2.23. The van der Waals surface area contributed by atoms with Gasteiger partial charge in [0.05, 0.1) is 6.20 Å². The van der Waals surface area contributed by atoms with Crippen LogP contribution in [0.3, 0.4) is 0 Å². The molecule has 0 aromatic carbocycles. The Morgan fingerprint density at radius 2 is 2.32 bits per heavy atom. The van der Waals surface area contributed by atoms with Gasteiger partial charge in [-0.3, -0.25) is 4.79 Å². The van der Waals surface area contributed by atoms with Gasteiger partial charge in [0.25, 0.3) is 5.91 Å². The molecule has 0 radical (unpaired) electrons. The van der Waals surface area contributed by atoms with Crippen molar-refractivity contribution in [2.45, 2.75) is 32.7 Å². The lowest BCUT2D eigenvalue weighted by Gasteiger charge is -2.11. The number of aryl methyl sites for hydroxylation is 1. The quantitative estimate of drug-likeness (QED) is 0.876. The number of carbonyl (C=O) groups excluding carboxylic acids is 1. The van der Waals surface area contributed by atoms with Crippen LogP contribution in [0.1, 0.15) is 35.8 Å². The van der Waals surface area contributed by atoms with Crippen LogP contribution in [0.15, 0.2) is 12.3 Å². The number of nitrogens with one attached hydrogen (secondary N) is 1. The van der Waals surface area contributed by atoms with E-state index in [-0.39, 0.29) is 11.9 Å². The van der Waals surface area contributed by atoms with Gasteiger partial charge < -0.3 is 5.32 Å². The van der Waals surface area contributed by atoms with E-state index in [0.717, 1.165) is 5.69 Å². The van der Waals surface area contributed by atoms with Crippen LogP contribution >= 0.6 is 11.6 Å². The Hall–Kier alpha value is -1.62. The summed E-state index contributed by atoms with van der Waals surface area (Å²) in [5.41, 5.74) is 1.83. The van der Waals surface area contributed by atoms with Crippen LogP contribution in [-0.4, -0.2) is 26.5 Å². The van der Waals surface area contributed by atoms with Crippen LogP contribution in [0.2, 0.25) is 5.15 Å². The number of fused-ring (bicyclic) bond motifs is 1. The third kappa shape index (κ3) is 2.30. The van der Waals surface area contributed by atoms with Crippen molar-refractivity contribution in [3.8, 4) is 0 Å². The van der Waals surface area contributed by atoms with Gasteiger partial charge in [-0.05, 0) is 38.7 Å². The van der Waals surface area contributed by atoms with Crippen LogP contribution in [0.5, 0.6) is 0 Å². The maximum atomic E-state index is 12.2. The molecule has 2 aromatic rings. The van der Waals surface area contributed by atoms with E-state index in [4.69, 9.17) is 11.6 Å². The molecule has 100 valence electrons. The number of amides is 1. The second kappa shape index (κ2) is 4.49. The third-order valence-corrected chi connectivity index (χ3v) is 3.74. The number of hydrogen-bond donors (Lipinski definition) is 1. The first kappa shape index (κ1) is 12.4. The summed E-state index contributed by atoms with van der Waals surface area (Å²) in [6.45, 7) is 3.91. The molecule has 5 nitrogen and oxygen atoms in total. The third-order valence-electron chi connectivity index (χ3n) is 3.55. The van der Waals surface area contributed by atoms with Crippen LogP contribution < -0.4 is 5.32 Å². The number of carbonyl (C=O) groups is 1. The monoisotopic (exact) mass is 278 g/mol. The maximum Gasteiger partial charge on any atom is 0.256 e. The molecule has 1 fully saturated rings. The minimum atomic E-state index is -0.136. The van der Waals surface area contributed by atoms with Crippen molar-refractivity contribution in [3.63, 3.8) is 0 Å². The van der Waals surface area contributed by atoms with Gasteiger partial charge in [0.15, 0.2) is 5.65 Å². The van der Waals surface area contributed by atoms with E-state index in [2.05, 4.69) is 15.4 Å². The average molecular weight is 279 g/mol. The average Bonchev–Trinajstić information content (AvgIpc) is 3.09. The molecule has 0 saturated heterocycles. The van der Waals surface area contributed by atoms with Crippen molar-refractivity contribution >= 4 is 23.2 Å². The Bertz CT molecular complexity index is 647. The lowest BCUT2D eigenvalue weighted by Crippen LogP contribution is -2.34. The maximum absolute atomic E-state index is 12.2. The molecule has 1 aliphatic carbocycles. The first-order valence-corrected chi connectivity index (χ1v) is 6.76. The number of halogens is 1. The van der Waals surface area contributed by atoms with Crippen molar-refractivity contribution in [1.29, 1.82) is 0 Å². The smallest absolute Gasteiger partial charge is 0.256 e. The molecule has 1 amide bonds. The Balaban J connectivity index is 1.93. The topological polar surface area (TPSA) is 59.3 Å². The van der Waals surface area contributed by atoms with Crippen molar-refractivity contribution in [3.05, 3.63) is 28.7 Å². The van der Waals surface area contributed by atoms with Gasteiger partial charge in [0.1, 0.15) is 10.7 Å². The fourth-order valence-corrected chi connectivity index (χ4v) is 2.47. The van der Waals surface area contributed by atoms with E-state index in [9.17, 15) is 4.79 Å². The molecule has 0 aliphatic heterocycles. The van der Waals surface area contributed by atoms with Crippen molar-refractivity contribution in [2.75, 3.05) is 0 Å². The molecule has 2 heterocycles. The number of rotatable bonds is 3. The molecule has 1 saturated carbocycles. The Labute approximate surface area is 116 Å². The predicted octanol–water partition coefficient (Wildman–Crippen LogP) is 2.22. The Kier molecular flexibility index (Phi) is 2.93. The van der Waals surface area contributed by atoms with E-state index >= 15 is 0 Å². The number of hydrogen-bond acceptors (Lipinski definition) is 3. The Morgan fingerprint density at radius 1 is 1.58 bits per heavy atom. The summed E-state index contributed by atoms with van der Waals surface area (Å²) >= 11 is 5.94. The molecular formula is C13H15ClN4O. The van der Waals surface area contributed by atoms with Gasteiger partial charge in [-0.1, -0.05) is 11.6 Å². The molecule has 1 unspecified atom stereocenters. The second-order valence-electron chi connectivity index (χ2n) is 5.11. The summed E-state index contributed by atoms with van der Waals surface area (Å²) in [7, 11) is 0. The molecule has 2 aromatic heterocycles. The molecule has 3 rings (SSSR count). The fraction of sp³-hybridized carbons (Fsp3) is 0.462. The molecular weight excluding hydrogens is 264 g/mol. The van der Waals surface area contributed by atoms with Gasteiger partial charge in [0, 0.05) is 11.7 Å². The zero-order valence-corrected chi connectivity index (χ0v) is 11.6. The highest BCUT2D eigenvalue weighted by molar-refractivity contribution is 6.29. The largest absolute Gasteiger partial charge is 0.349 e. The minimum absolute atomic E-state index is 0.136. The van der Waals surface area contributed by atoms with E-state index in [1.165, 1.54) is 12.8 Å². The van der Waals surface area contributed by atoms with Crippen LogP contribution in [-0.2, 0) is 0 Å². The van der Waals surface area contributed by atoms with Crippen molar-refractivity contribution < 1.29 is 4.79 Å². The highest BCUT2D eigenvalue weighted by atomic mass is 35.5. The van der Waals surface area contributed by atoms with Gasteiger partial charge >= 0.3 is 0 Å². The zero-order chi connectivity index (χ0) is 13.6. The molecule has 6 heteroatoms. The molecule has 1 atom stereocenters. The number of aromatic nitrogens is 3. The van der Waals surface area contributed by atoms with Gasteiger partial charge in [-0.15, -0.1) is 0 Å². The summed E-state index contributed by atoms with van der Waals surface area (Å²) in [6, 6.07) is 1.92. The van der Waals surface area contributed by atoms with Gasteiger partial charge in [-0.2, -0.15) is 5.10 Å². The summed E-state index contributed by atoms with van der Waals surface area (Å²) in [5.74, 6) is 0.479. The Morgan fingerprint density at radius 3 is 3.00 bits per heavy atom. The lowest BCUT2D eigenvalue weighted by atomic mass is 10.2. The molecule has 0 spiro atoms. The van der Waals surface area contributed by atoms with Crippen molar-refractivity contribution in [1.82, 2.24) is 19.9 Å². The summed E-state index contributed by atoms with van der Waals surface area (Å²) in [4.78, 5) is 16.4. The highest BCUT2D eigenvalue weighted by Gasteiger charge is 2.29. The van der Waals surface area contributed by atoms with Crippen molar-refractivity contribution in [2.24, 2.45) is 5.92 Å². The molecule has 19 heavy (non-hydrogen) atoms. The first-order chi connectivity index (χ1) is 9.06. The first-order valence-electron chi connectivity index (χ1n) is 6.38. The normalized spacial score (nSPS) is 16.6. The summed E-state index contributed by atoms with van der Waals surface area (Å²) in [5, 5.41) is 7.55. The standard InChI is InChI=1S/C13H15ClN4O/c1-7-5-11(14)17-12-10(6-15-18(7)12)13(19)16-8(2)9-3-4-9/h5-6,8-9H,3-4H2,1-2H3,(H,16,19). The number of nitrogens with zero attached hydrogens (tertiary/aromatic N) is 3. The highest BCUT2D eigenvalue weighted by Crippen LogP contribution is 2.32.